The van der Waals surface area contributed by atoms with Gasteiger partial charge in [0.05, 0.1) is 28.1 Å². The van der Waals surface area contributed by atoms with E-state index in [1.54, 1.807) is 79.7 Å². The molecule has 4 aromatic rings. The molecule has 0 atom stereocenters. The largest absolute Gasteiger partial charge is 0.427 e. The van der Waals surface area contributed by atoms with Crippen molar-refractivity contribution in [1.29, 1.82) is 0 Å². The third-order valence-electron chi connectivity index (χ3n) is 5.04. The van der Waals surface area contributed by atoms with Crippen LogP contribution in [0.1, 0.15) is 19.4 Å². The Morgan fingerprint density at radius 2 is 1.72 bits per heavy atom. The molecular weight excluding hydrogens is 500 g/mol. The summed E-state index contributed by atoms with van der Waals surface area (Å²) in [7, 11) is 0. The molecule has 0 unspecified atom stereocenters. The van der Waals surface area contributed by atoms with Gasteiger partial charge in [-0.3, -0.25) is 19.0 Å². The summed E-state index contributed by atoms with van der Waals surface area (Å²) in [5, 5.41) is 5.54. The Kier molecular flexibility index (Phi) is 7.82. The Morgan fingerprint density at radius 3 is 2.42 bits per heavy atom. The lowest BCUT2D eigenvalue weighted by molar-refractivity contribution is -0.131. The van der Waals surface area contributed by atoms with Gasteiger partial charge < -0.3 is 4.74 Å². The van der Waals surface area contributed by atoms with Gasteiger partial charge in [-0.1, -0.05) is 35.5 Å². The van der Waals surface area contributed by atoms with Crippen LogP contribution in [0.3, 0.4) is 0 Å². The molecule has 0 aliphatic rings. The van der Waals surface area contributed by atoms with E-state index in [2.05, 4.69) is 15.5 Å². The zero-order valence-corrected chi connectivity index (χ0v) is 21.0. The highest BCUT2D eigenvalue weighted by Crippen LogP contribution is 2.22. The molecule has 0 saturated carbocycles. The first-order valence-corrected chi connectivity index (χ1v) is 12.2. The Morgan fingerprint density at radius 1 is 1.03 bits per heavy atom. The zero-order valence-electron chi connectivity index (χ0n) is 19.4. The van der Waals surface area contributed by atoms with Crippen LogP contribution in [-0.4, -0.2) is 32.9 Å². The Hall–Kier alpha value is -3.95. The number of rotatable bonds is 7. The van der Waals surface area contributed by atoms with E-state index in [-0.39, 0.29) is 17.2 Å². The van der Waals surface area contributed by atoms with Gasteiger partial charge in [-0.25, -0.2) is 10.4 Å². The first-order chi connectivity index (χ1) is 17.3. The summed E-state index contributed by atoms with van der Waals surface area (Å²) in [6.07, 6.45) is 0. The van der Waals surface area contributed by atoms with Gasteiger partial charge in [-0.15, -0.1) is 0 Å². The van der Waals surface area contributed by atoms with Crippen molar-refractivity contribution in [2.75, 3.05) is 5.75 Å². The molecular formula is C26H21ClN4O4S. The van der Waals surface area contributed by atoms with Crippen molar-refractivity contribution < 1.29 is 14.3 Å². The van der Waals surface area contributed by atoms with Crippen LogP contribution in [0.5, 0.6) is 5.75 Å². The zero-order chi connectivity index (χ0) is 25.7. The third kappa shape index (κ3) is 5.99. The minimum Gasteiger partial charge on any atom is -0.427 e. The van der Waals surface area contributed by atoms with Gasteiger partial charge in [0.25, 0.3) is 11.5 Å². The van der Waals surface area contributed by atoms with Crippen LogP contribution in [0, 0.1) is 0 Å². The van der Waals surface area contributed by atoms with Crippen molar-refractivity contribution in [3.63, 3.8) is 0 Å². The Bertz CT molecular complexity index is 1520. The van der Waals surface area contributed by atoms with Crippen LogP contribution >= 0.6 is 23.4 Å². The lowest BCUT2D eigenvalue weighted by Gasteiger charge is -2.13. The van der Waals surface area contributed by atoms with Crippen LogP contribution < -0.4 is 15.7 Å². The van der Waals surface area contributed by atoms with Gasteiger partial charge >= 0.3 is 5.97 Å². The second-order valence-corrected chi connectivity index (χ2v) is 9.05. The number of halogens is 1. The predicted octanol–water partition coefficient (Wildman–Crippen LogP) is 4.60. The van der Waals surface area contributed by atoms with Crippen molar-refractivity contribution in [2.24, 2.45) is 5.10 Å². The van der Waals surface area contributed by atoms with Crippen LogP contribution in [0.4, 0.5) is 0 Å². The summed E-state index contributed by atoms with van der Waals surface area (Å²) in [6.45, 7) is 3.08. The molecule has 0 bridgehead atoms. The number of fused-ring (bicyclic) bond motifs is 1. The maximum Gasteiger partial charge on any atom is 0.308 e. The minimum atomic E-state index is -0.403. The van der Waals surface area contributed by atoms with E-state index in [1.807, 2.05) is 0 Å². The molecule has 0 saturated heterocycles. The van der Waals surface area contributed by atoms with Crippen LogP contribution in [0.2, 0.25) is 5.02 Å². The molecule has 1 amide bonds. The predicted molar refractivity (Wildman–Crippen MR) is 141 cm³/mol. The number of amides is 1. The maximum absolute atomic E-state index is 13.3. The molecule has 0 aliphatic heterocycles. The molecule has 1 aromatic heterocycles. The number of para-hydroxylation sites is 1. The molecule has 1 N–H and O–H groups in total. The van der Waals surface area contributed by atoms with Gasteiger partial charge in [-0.2, -0.15) is 5.10 Å². The van der Waals surface area contributed by atoms with Crippen molar-refractivity contribution >= 4 is 51.9 Å². The first kappa shape index (κ1) is 25.2. The minimum absolute atomic E-state index is 0.0134. The summed E-state index contributed by atoms with van der Waals surface area (Å²) in [4.78, 5) is 41.5. The van der Waals surface area contributed by atoms with E-state index in [9.17, 15) is 14.4 Å². The van der Waals surface area contributed by atoms with Crippen LogP contribution in [0.15, 0.2) is 87.8 Å². The summed E-state index contributed by atoms with van der Waals surface area (Å²) >= 11 is 7.14. The summed E-state index contributed by atoms with van der Waals surface area (Å²) < 4.78 is 6.48. The fourth-order valence-corrected chi connectivity index (χ4v) is 4.26. The second-order valence-electron chi connectivity index (χ2n) is 7.67. The molecule has 0 fully saturated rings. The quantitative estimate of drug-likeness (QED) is 0.0954. The standard InChI is InChI=1S/C26H21ClN4O4S/c1-16(18-7-13-21(14-8-18)35-17(2)32)29-30-24(33)15-36-26-28-23-6-4-3-5-22(23)25(34)31(26)20-11-9-19(27)10-12-20/h3-14H,15H2,1-2H3,(H,30,33)/b29-16-. The number of hydrogen-bond acceptors (Lipinski definition) is 7. The number of hydrogen-bond donors (Lipinski definition) is 1. The molecule has 8 nitrogen and oxygen atoms in total. The monoisotopic (exact) mass is 520 g/mol. The number of carbonyl (C=O) groups excluding carboxylic acids is 2. The molecule has 0 spiro atoms. The number of aromatic nitrogens is 2. The number of thioether (sulfide) groups is 1. The summed E-state index contributed by atoms with van der Waals surface area (Å²) in [5.74, 6) is -0.351. The number of nitrogens with zero attached hydrogens (tertiary/aromatic N) is 3. The number of carbonyl (C=O) groups is 2. The molecule has 0 aliphatic carbocycles. The topological polar surface area (TPSA) is 103 Å². The average Bonchev–Trinajstić information content (AvgIpc) is 2.87. The number of esters is 1. The molecule has 10 heteroatoms. The SMILES string of the molecule is CC(=O)Oc1ccc(/C(C)=N\NC(=O)CSc2nc3ccccc3c(=O)n2-c2ccc(Cl)cc2)cc1. The lowest BCUT2D eigenvalue weighted by atomic mass is 10.1. The molecule has 4 rings (SSSR count). The molecule has 3 aromatic carbocycles. The summed E-state index contributed by atoms with van der Waals surface area (Å²) in [6, 6.07) is 20.7. The summed E-state index contributed by atoms with van der Waals surface area (Å²) in [5.41, 5.74) is 4.75. The Balaban J connectivity index is 1.51. The van der Waals surface area contributed by atoms with Gasteiger partial charge in [0.1, 0.15) is 5.75 Å². The fraction of sp³-hybridized carbons (Fsp3) is 0.115. The van der Waals surface area contributed by atoms with Gasteiger partial charge in [0.15, 0.2) is 5.16 Å². The second kappa shape index (κ2) is 11.2. The first-order valence-electron chi connectivity index (χ1n) is 10.8. The van der Waals surface area contributed by atoms with E-state index in [0.717, 1.165) is 17.3 Å². The van der Waals surface area contributed by atoms with Crippen LogP contribution in [0.25, 0.3) is 16.6 Å². The Labute approximate surface area is 216 Å². The fourth-order valence-electron chi connectivity index (χ4n) is 3.33. The van der Waals surface area contributed by atoms with Crippen molar-refractivity contribution in [2.45, 2.75) is 19.0 Å². The van der Waals surface area contributed by atoms with Crippen molar-refractivity contribution in [3.05, 3.63) is 93.7 Å². The van der Waals surface area contributed by atoms with E-state index in [1.165, 1.54) is 11.5 Å². The van der Waals surface area contributed by atoms with E-state index < -0.39 is 5.97 Å². The normalized spacial score (nSPS) is 11.4. The third-order valence-corrected chi connectivity index (χ3v) is 6.23. The van der Waals surface area contributed by atoms with E-state index in [4.69, 9.17) is 16.3 Å². The molecule has 182 valence electrons. The molecule has 36 heavy (non-hydrogen) atoms. The highest BCUT2D eigenvalue weighted by molar-refractivity contribution is 7.99. The number of ether oxygens (including phenoxy) is 1. The van der Waals surface area contributed by atoms with E-state index >= 15 is 0 Å². The highest BCUT2D eigenvalue weighted by atomic mass is 35.5. The van der Waals surface area contributed by atoms with E-state index in [0.29, 0.717) is 38.2 Å². The average molecular weight is 521 g/mol. The maximum atomic E-state index is 13.3. The van der Waals surface area contributed by atoms with Crippen LogP contribution in [-0.2, 0) is 9.59 Å². The van der Waals surface area contributed by atoms with Crippen molar-refractivity contribution in [1.82, 2.24) is 15.0 Å². The molecule has 0 radical (unpaired) electrons. The number of benzene rings is 3. The molecule has 1 heterocycles. The number of nitrogens with one attached hydrogen (secondary N) is 1. The van der Waals surface area contributed by atoms with Crippen molar-refractivity contribution in [3.8, 4) is 11.4 Å². The van der Waals surface area contributed by atoms with Gasteiger partial charge in [0, 0.05) is 11.9 Å². The number of hydrazone groups is 1. The van der Waals surface area contributed by atoms with Gasteiger partial charge in [-0.05, 0) is 73.2 Å². The highest BCUT2D eigenvalue weighted by Gasteiger charge is 2.15. The smallest absolute Gasteiger partial charge is 0.308 e. The lowest BCUT2D eigenvalue weighted by Crippen LogP contribution is -2.24. The van der Waals surface area contributed by atoms with Gasteiger partial charge in [0.2, 0.25) is 0 Å².